The molecule has 0 aromatic carbocycles. The predicted molar refractivity (Wildman–Crippen MR) is 60.2 cm³/mol. The van der Waals surface area contributed by atoms with E-state index in [4.69, 9.17) is 0 Å². The van der Waals surface area contributed by atoms with Crippen molar-refractivity contribution in [2.45, 2.75) is 57.6 Å². The van der Waals surface area contributed by atoms with E-state index in [1.165, 1.54) is 0 Å². The molecule has 0 aromatic rings. The van der Waals surface area contributed by atoms with Crippen molar-refractivity contribution in [1.29, 1.82) is 0 Å². The maximum atomic E-state index is 13.0. The standard InChI is InChI=1S/C12H17F7O2/c1-3-5-8(6-4-2)7-21-9(20)10(13,14)11(15,16)12(17,18)19/h8H,3-7H2,1-2H3. The summed E-state index contributed by atoms with van der Waals surface area (Å²) in [6.07, 6.45) is -4.29. The van der Waals surface area contributed by atoms with Crippen LogP contribution in [-0.4, -0.2) is 30.6 Å². The Morgan fingerprint density at radius 2 is 1.38 bits per heavy atom. The maximum absolute atomic E-state index is 13.0. The number of hydrogen-bond donors (Lipinski definition) is 0. The highest BCUT2D eigenvalue weighted by Crippen LogP contribution is 2.47. The molecule has 0 aliphatic heterocycles. The third-order valence-corrected chi connectivity index (χ3v) is 2.85. The summed E-state index contributed by atoms with van der Waals surface area (Å²) in [5.41, 5.74) is 0. The zero-order valence-electron chi connectivity index (χ0n) is 11.6. The van der Waals surface area contributed by atoms with Crippen LogP contribution < -0.4 is 0 Å². The molecule has 2 nitrogen and oxygen atoms in total. The van der Waals surface area contributed by atoms with E-state index in [0.29, 0.717) is 25.7 Å². The van der Waals surface area contributed by atoms with Crippen LogP contribution in [0.15, 0.2) is 0 Å². The van der Waals surface area contributed by atoms with Crippen molar-refractivity contribution < 1.29 is 40.3 Å². The van der Waals surface area contributed by atoms with Crippen molar-refractivity contribution in [3.05, 3.63) is 0 Å². The fraction of sp³-hybridized carbons (Fsp3) is 0.917. The Morgan fingerprint density at radius 1 is 0.952 bits per heavy atom. The van der Waals surface area contributed by atoms with Gasteiger partial charge in [0.25, 0.3) is 0 Å². The fourth-order valence-electron chi connectivity index (χ4n) is 1.72. The van der Waals surface area contributed by atoms with E-state index in [2.05, 4.69) is 4.74 Å². The van der Waals surface area contributed by atoms with Gasteiger partial charge in [0, 0.05) is 0 Å². The third-order valence-electron chi connectivity index (χ3n) is 2.85. The summed E-state index contributed by atoms with van der Waals surface area (Å²) in [5.74, 6) is -15.6. The van der Waals surface area contributed by atoms with Crippen LogP contribution in [0.3, 0.4) is 0 Å². The smallest absolute Gasteiger partial charge is 0.460 e. The van der Waals surface area contributed by atoms with Gasteiger partial charge in [0.15, 0.2) is 0 Å². The van der Waals surface area contributed by atoms with Gasteiger partial charge in [-0.2, -0.15) is 30.7 Å². The van der Waals surface area contributed by atoms with Crippen molar-refractivity contribution in [2.24, 2.45) is 5.92 Å². The number of carbonyl (C=O) groups is 1. The Morgan fingerprint density at radius 3 is 1.71 bits per heavy atom. The average molecular weight is 326 g/mol. The highest BCUT2D eigenvalue weighted by Gasteiger charge is 2.77. The van der Waals surface area contributed by atoms with Gasteiger partial charge in [-0.25, -0.2) is 4.79 Å². The summed E-state index contributed by atoms with van der Waals surface area (Å²) in [4.78, 5) is 10.9. The van der Waals surface area contributed by atoms with Gasteiger partial charge in [-0.3, -0.25) is 0 Å². The molecule has 0 aliphatic carbocycles. The van der Waals surface area contributed by atoms with Crippen LogP contribution in [0.1, 0.15) is 39.5 Å². The number of alkyl halides is 7. The van der Waals surface area contributed by atoms with Crippen molar-refractivity contribution in [3.63, 3.8) is 0 Å². The number of rotatable bonds is 8. The Bertz CT molecular complexity index is 333. The molecule has 0 saturated heterocycles. The first kappa shape index (κ1) is 20.0. The van der Waals surface area contributed by atoms with Crippen molar-refractivity contribution in [1.82, 2.24) is 0 Å². The minimum atomic E-state index is -6.54. The van der Waals surface area contributed by atoms with E-state index < -0.39 is 30.6 Å². The molecule has 126 valence electrons. The maximum Gasteiger partial charge on any atom is 0.460 e. The van der Waals surface area contributed by atoms with Gasteiger partial charge < -0.3 is 4.74 Å². The first-order chi connectivity index (χ1) is 9.41. The van der Waals surface area contributed by atoms with Crippen LogP contribution >= 0.6 is 0 Å². The number of hydrogen-bond acceptors (Lipinski definition) is 2. The predicted octanol–water partition coefficient (Wildman–Crippen LogP) is 4.58. The molecule has 9 heteroatoms. The summed E-state index contributed by atoms with van der Waals surface area (Å²) >= 11 is 0. The molecule has 0 saturated carbocycles. The number of carbonyl (C=O) groups excluding carboxylic acids is 1. The number of halogens is 7. The first-order valence-electron chi connectivity index (χ1n) is 6.41. The Kier molecular flexibility index (Phi) is 6.95. The fourth-order valence-corrected chi connectivity index (χ4v) is 1.72. The van der Waals surface area contributed by atoms with Crippen molar-refractivity contribution in [3.8, 4) is 0 Å². The van der Waals surface area contributed by atoms with E-state index in [-0.39, 0.29) is 5.92 Å². The van der Waals surface area contributed by atoms with Crippen molar-refractivity contribution in [2.75, 3.05) is 6.61 Å². The van der Waals surface area contributed by atoms with E-state index >= 15 is 0 Å². The molecule has 0 heterocycles. The highest BCUT2D eigenvalue weighted by molar-refractivity contribution is 5.79. The second-order valence-corrected chi connectivity index (χ2v) is 4.69. The van der Waals surface area contributed by atoms with Gasteiger partial charge >= 0.3 is 24.0 Å². The molecule has 0 atom stereocenters. The largest absolute Gasteiger partial charge is 0.461 e. The molecule has 0 unspecified atom stereocenters. The lowest BCUT2D eigenvalue weighted by Crippen LogP contribution is -2.56. The van der Waals surface area contributed by atoms with Gasteiger partial charge in [-0.1, -0.05) is 26.7 Å². The van der Waals surface area contributed by atoms with Crippen LogP contribution in [-0.2, 0) is 9.53 Å². The molecule has 0 aromatic heterocycles. The lowest BCUT2D eigenvalue weighted by molar-refractivity contribution is -0.348. The normalized spacial score (nSPS) is 13.6. The van der Waals surface area contributed by atoms with Gasteiger partial charge in [-0.05, 0) is 18.8 Å². The van der Waals surface area contributed by atoms with Gasteiger partial charge in [0.05, 0.1) is 6.61 Å². The molecule has 21 heavy (non-hydrogen) atoms. The molecule has 0 bridgehead atoms. The Balaban J connectivity index is 4.84. The number of ether oxygens (including phenoxy) is 1. The van der Waals surface area contributed by atoms with Crippen LogP contribution in [0, 0.1) is 5.92 Å². The van der Waals surface area contributed by atoms with Gasteiger partial charge in [0.1, 0.15) is 0 Å². The molecular weight excluding hydrogens is 309 g/mol. The van der Waals surface area contributed by atoms with Gasteiger partial charge in [-0.15, -0.1) is 0 Å². The lowest BCUT2D eigenvalue weighted by Gasteiger charge is -2.27. The molecule has 0 rings (SSSR count). The topological polar surface area (TPSA) is 26.3 Å². The van der Waals surface area contributed by atoms with Crippen molar-refractivity contribution >= 4 is 5.97 Å². The van der Waals surface area contributed by atoms with Crippen LogP contribution in [0.25, 0.3) is 0 Å². The van der Waals surface area contributed by atoms with E-state index in [0.717, 1.165) is 0 Å². The highest BCUT2D eigenvalue weighted by atomic mass is 19.4. The molecule has 0 radical (unpaired) electrons. The quantitative estimate of drug-likeness (QED) is 0.482. The first-order valence-corrected chi connectivity index (χ1v) is 6.41. The Labute approximate surface area is 117 Å². The zero-order valence-corrected chi connectivity index (χ0v) is 11.6. The summed E-state index contributed by atoms with van der Waals surface area (Å²) < 4.78 is 90.8. The van der Waals surface area contributed by atoms with E-state index in [9.17, 15) is 35.5 Å². The van der Waals surface area contributed by atoms with Crippen LogP contribution in [0.4, 0.5) is 30.7 Å². The molecule has 0 aliphatic rings. The second kappa shape index (κ2) is 7.31. The minimum absolute atomic E-state index is 0.348. The van der Waals surface area contributed by atoms with Crippen LogP contribution in [0.2, 0.25) is 0 Å². The summed E-state index contributed by atoms with van der Waals surface area (Å²) in [6, 6.07) is 0. The molecular formula is C12H17F7O2. The monoisotopic (exact) mass is 326 g/mol. The summed E-state index contributed by atoms with van der Waals surface area (Å²) in [5, 5.41) is 0. The summed E-state index contributed by atoms with van der Waals surface area (Å²) in [7, 11) is 0. The second-order valence-electron chi connectivity index (χ2n) is 4.69. The van der Waals surface area contributed by atoms with Gasteiger partial charge in [0.2, 0.25) is 0 Å². The van der Waals surface area contributed by atoms with E-state index in [1.807, 2.05) is 0 Å². The summed E-state index contributed by atoms with van der Waals surface area (Å²) in [6.45, 7) is 2.94. The minimum Gasteiger partial charge on any atom is -0.461 e. The molecule has 0 amide bonds. The SMILES string of the molecule is CCCC(CCC)COC(=O)C(F)(F)C(F)(F)C(F)(F)F. The van der Waals surface area contributed by atoms with E-state index in [1.54, 1.807) is 13.8 Å². The lowest BCUT2D eigenvalue weighted by atomic mass is 9.99. The Hall–Kier alpha value is -1.02. The number of esters is 1. The molecule has 0 N–H and O–H groups in total. The average Bonchev–Trinajstić information content (AvgIpc) is 2.34. The van der Waals surface area contributed by atoms with Crippen LogP contribution in [0.5, 0.6) is 0 Å². The molecule has 0 fully saturated rings. The zero-order chi connectivity index (χ0) is 16.9. The molecule has 0 spiro atoms. The third kappa shape index (κ3) is 4.74.